The van der Waals surface area contributed by atoms with Crippen LogP contribution in [0, 0.1) is 17.3 Å². The summed E-state index contributed by atoms with van der Waals surface area (Å²) >= 11 is 0. The normalized spacial score (nSPS) is 29.3. The number of hydrogen-bond donors (Lipinski definition) is 1. The monoisotopic (exact) mass is 335 g/mol. The molecule has 0 saturated carbocycles. The Labute approximate surface area is 143 Å². The lowest BCUT2D eigenvalue weighted by atomic mass is 9.80. The summed E-state index contributed by atoms with van der Waals surface area (Å²) in [6.45, 7) is 10.1. The molecule has 6 nitrogen and oxygen atoms in total. The fourth-order valence-electron chi connectivity index (χ4n) is 3.51. The molecule has 2 aliphatic rings. The van der Waals surface area contributed by atoms with Crippen LogP contribution in [0.1, 0.15) is 45.5 Å². The van der Waals surface area contributed by atoms with Gasteiger partial charge in [-0.05, 0) is 18.3 Å². The van der Waals surface area contributed by atoms with E-state index in [-0.39, 0.29) is 23.3 Å². The zero-order valence-electron chi connectivity index (χ0n) is 15.0. The number of hydrogen-bond acceptors (Lipinski definition) is 4. The van der Waals surface area contributed by atoms with E-state index in [1.165, 1.54) is 0 Å². The SMILES string of the molecule is CC(C)(C)C1COCCN(C(=O)[C@@H]2CCCO[C@H]2c2ncc[nH]2)C1. The van der Waals surface area contributed by atoms with Gasteiger partial charge < -0.3 is 19.4 Å². The first kappa shape index (κ1) is 17.4. The van der Waals surface area contributed by atoms with Crippen LogP contribution in [0.5, 0.6) is 0 Å². The van der Waals surface area contributed by atoms with E-state index in [2.05, 4.69) is 30.7 Å². The van der Waals surface area contributed by atoms with Crippen molar-refractivity contribution in [1.29, 1.82) is 0 Å². The molecule has 134 valence electrons. The van der Waals surface area contributed by atoms with E-state index in [1.807, 2.05) is 4.90 Å². The van der Waals surface area contributed by atoms with Gasteiger partial charge in [-0.1, -0.05) is 20.8 Å². The van der Waals surface area contributed by atoms with Crippen molar-refractivity contribution in [2.45, 2.75) is 39.7 Å². The van der Waals surface area contributed by atoms with Crippen LogP contribution in [0.3, 0.4) is 0 Å². The van der Waals surface area contributed by atoms with Gasteiger partial charge in [-0.15, -0.1) is 0 Å². The van der Waals surface area contributed by atoms with Crippen molar-refractivity contribution < 1.29 is 14.3 Å². The van der Waals surface area contributed by atoms with E-state index in [4.69, 9.17) is 9.47 Å². The minimum atomic E-state index is -0.265. The minimum Gasteiger partial charge on any atom is -0.379 e. The Hall–Kier alpha value is -1.40. The van der Waals surface area contributed by atoms with Gasteiger partial charge in [0.25, 0.3) is 0 Å². The van der Waals surface area contributed by atoms with E-state index in [1.54, 1.807) is 12.4 Å². The highest BCUT2D eigenvalue weighted by molar-refractivity contribution is 5.79. The van der Waals surface area contributed by atoms with E-state index >= 15 is 0 Å². The molecule has 1 aromatic rings. The highest BCUT2D eigenvalue weighted by atomic mass is 16.5. The van der Waals surface area contributed by atoms with Crippen molar-refractivity contribution in [1.82, 2.24) is 14.9 Å². The zero-order valence-corrected chi connectivity index (χ0v) is 15.0. The molecular formula is C18H29N3O3. The number of carbonyl (C=O) groups is 1. The number of amides is 1. The topological polar surface area (TPSA) is 67.4 Å². The Bertz CT molecular complexity index is 538. The summed E-state index contributed by atoms with van der Waals surface area (Å²) in [6.07, 6.45) is 5.00. The molecule has 3 rings (SSSR count). The van der Waals surface area contributed by atoms with Gasteiger partial charge in [-0.2, -0.15) is 0 Å². The van der Waals surface area contributed by atoms with Crippen LogP contribution in [0.2, 0.25) is 0 Å². The molecule has 0 bridgehead atoms. The third-order valence-corrected chi connectivity index (χ3v) is 5.23. The maximum Gasteiger partial charge on any atom is 0.228 e. The highest BCUT2D eigenvalue weighted by Gasteiger charge is 2.39. The molecular weight excluding hydrogens is 306 g/mol. The number of nitrogens with zero attached hydrogens (tertiary/aromatic N) is 2. The van der Waals surface area contributed by atoms with E-state index < -0.39 is 0 Å². The Morgan fingerprint density at radius 2 is 2.21 bits per heavy atom. The molecule has 2 aliphatic heterocycles. The first-order chi connectivity index (χ1) is 11.5. The smallest absolute Gasteiger partial charge is 0.228 e. The summed E-state index contributed by atoms with van der Waals surface area (Å²) < 4.78 is 11.7. The van der Waals surface area contributed by atoms with Crippen LogP contribution in [-0.2, 0) is 14.3 Å². The maximum absolute atomic E-state index is 13.2. The minimum absolute atomic E-state index is 0.117. The second-order valence-electron chi connectivity index (χ2n) is 7.94. The molecule has 3 heterocycles. The van der Waals surface area contributed by atoms with Gasteiger partial charge in [0.15, 0.2) is 0 Å². The number of ether oxygens (including phenoxy) is 2. The number of H-pyrrole nitrogens is 1. The van der Waals surface area contributed by atoms with Gasteiger partial charge in [0.1, 0.15) is 11.9 Å². The average Bonchev–Trinajstić information content (AvgIpc) is 2.96. The summed E-state index contributed by atoms with van der Waals surface area (Å²) in [5.41, 5.74) is 0.117. The van der Waals surface area contributed by atoms with Crippen molar-refractivity contribution in [3.05, 3.63) is 18.2 Å². The highest BCUT2D eigenvalue weighted by Crippen LogP contribution is 2.35. The van der Waals surface area contributed by atoms with Gasteiger partial charge in [-0.25, -0.2) is 4.98 Å². The number of rotatable bonds is 2. The number of carbonyl (C=O) groups excluding carboxylic acids is 1. The van der Waals surface area contributed by atoms with Gasteiger partial charge in [0.2, 0.25) is 5.91 Å². The number of nitrogens with one attached hydrogen (secondary N) is 1. The molecule has 24 heavy (non-hydrogen) atoms. The van der Waals surface area contributed by atoms with Crippen molar-refractivity contribution in [3.8, 4) is 0 Å². The maximum atomic E-state index is 13.2. The van der Waals surface area contributed by atoms with Crippen molar-refractivity contribution >= 4 is 5.91 Å². The van der Waals surface area contributed by atoms with Crippen molar-refractivity contribution in [3.63, 3.8) is 0 Å². The summed E-state index contributed by atoms with van der Waals surface area (Å²) in [5, 5.41) is 0. The van der Waals surface area contributed by atoms with Crippen LogP contribution in [-0.4, -0.2) is 53.7 Å². The second-order valence-corrected chi connectivity index (χ2v) is 7.94. The van der Waals surface area contributed by atoms with Crippen molar-refractivity contribution in [2.24, 2.45) is 17.3 Å². The van der Waals surface area contributed by atoms with Gasteiger partial charge in [0.05, 0.1) is 19.1 Å². The van der Waals surface area contributed by atoms with Crippen LogP contribution in [0.4, 0.5) is 0 Å². The number of aromatic nitrogens is 2. The Morgan fingerprint density at radius 1 is 1.38 bits per heavy atom. The molecule has 1 N–H and O–H groups in total. The summed E-state index contributed by atoms with van der Waals surface area (Å²) in [7, 11) is 0. The number of imidazole rings is 1. The Kier molecular flexibility index (Phi) is 5.25. The predicted octanol–water partition coefficient (Wildman–Crippen LogP) is 2.40. The third-order valence-electron chi connectivity index (χ3n) is 5.23. The lowest BCUT2D eigenvalue weighted by Crippen LogP contribution is -2.45. The van der Waals surface area contributed by atoms with Gasteiger partial charge in [0, 0.05) is 38.0 Å². The molecule has 2 fully saturated rings. The molecule has 1 aromatic heterocycles. The van der Waals surface area contributed by atoms with Crippen LogP contribution in [0.25, 0.3) is 0 Å². The Balaban J connectivity index is 1.75. The van der Waals surface area contributed by atoms with Crippen LogP contribution < -0.4 is 0 Å². The lowest BCUT2D eigenvalue weighted by Gasteiger charge is -2.36. The molecule has 0 aromatic carbocycles. The zero-order chi connectivity index (χ0) is 17.2. The van der Waals surface area contributed by atoms with E-state index in [0.29, 0.717) is 25.7 Å². The third kappa shape index (κ3) is 3.81. The van der Waals surface area contributed by atoms with Crippen LogP contribution in [0.15, 0.2) is 12.4 Å². The number of aromatic amines is 1. The lowest BCUT2D eigenvalue weighted by molar-refractivity contribution is -0.146. The molecule has 6 heteroatoms. The second kappa shape index (κ2) is 7.23. The molecule has 2 saturated heterocycles. The van der Waals surface area contributed by atoms with Gasteiger partial charge >= 0.3 is 0 Å². The quantitative estimate of drug-likeness (QED) is 0.901. The summed E-state index contributed by atoms with van der Waals surface area (Å²) in [6, 6.07) is 0. The molecule has 3 atom stereocenters. The summed E-state index contributed by atoms with van der Waals surface area (Å²) in [5.74, 6) is 1.11. The molecule has 0 spiro atoms. The average molecular weight is 335 g/mol. The summed E-state index contributed by atoms with van der Waals surface area (Å²) in [4.78, 5) is 22.6. The molecule has 0 aliphatic carbocycles. The predicted molar refractivity (Wildman–Crippen MR) is 90.3 cm³/mol. The van der Waals surface area contributed by atoms with Crippen LogP contribution >= 0.6 is 0 Å². The van der Waals surface area contributed by atoms with Crippen molar-refractivity contribution in [2.75, 3.05) is 32.9 Å². The van der Waals surface area contributed by atoms with E-state index in [9.17, 15) is 4.79 Å². The standard InChI is InChI=1S/C18H29N3O3/c1-18(2,3)13-11-21(8-10-23-12-13)17(22)14-5-4-9-24-15(14)16-19-6-7-20-16/h6-7,13-15H,4-5,8-12H2,1-3H3,(H,19,20)/t13?,14-,15-/m1/s1. The largest absolute Gasteiger partial charge is 0.379 e. The first-order valence-corrected chi connectivity index (χ1v) is 8.94. The molecule has 1 amide bonds. The Morgan fingerprint density at radius 3 is 2.92 bits per heavy atom. The first-order valence-electron chi connectivity index (χ1n) is 8.94. The fourth-order valence-corrected chi connectivity index (χ4v) is 3.51. The molecule has 1 unspecified atom stereocenters. The van der Waals surface area contributed by atoms with E-state index in [0.717, 1.165) is 31.8 Å². The fraction of sp³-hybridized carbons (Fsp3) is 0.778. The molecule has 0 radical (unpaired) electrons. The van der Waals surface area contributed by atoms with Gasteiger partial charge in [-0.3, -0.25) is 4.79 Å².